The molecule has 2 nitrogen and oxygen atoms in total. The molecule has 0 bridgehead atoms. The third kappa shape index (κ3) is 7.46. The van der Waals surface area contributed by atoms with E-state index in [2.05, 4.69) is 6.92 Å². The van der Waals surface area contributed by atoms with Gasteiger partial charge in [0.25, 0.3) is 0 Å². The highest BCUT2D eigenvalue weighted by molar-refractivity contribution is 4.87. The van der Waals surface area contributed by atoms with Gasteiger partial charge in [-0.1, -0.05) is 84.0 Å². The number of hydrogen-bond acceptors (Lipinski definition) is 2. The maximum atomic E-state index is 6.27. The predicted molar refractivity (Wildman–Crippen MR) is 93.4 cm³/mol. The van der Waals surface area contributed by atoms with Gasteiger partial charge in [-0.25, -0.2) is 0 Å². The second-order valence-corrected chi connectivity index (χ2v) is 7.59. The number of ether oxygens (including phenoxy) is 2. The van der Waals surface area contributed by atoms with Crippen LogP contribution >= 0.6 is 0 Å². The van der Waals surface area contributed by atoms with Crippen molar-refractivity contribution in [1.82, 2.24) is 0 Å². The van der Waals surface area contributed by atoms with Crippen molar-refractivity contribution in [3.8, 4) is 0 Å². The molecule has 1 aliphatic heterocycles. The van der Waals surface area contributed by atoms with E-state index in [9.17, 15) is 0 Å². The van der Waals surface area contributed by atoms with Crippen LogP contribution in [0.1, 0.15) is 103 Å². The molecule has 1 aliphatic carbocycles. The lowest BCUT2D eigenvalue weighted by Crippen LogP contribution is -2.30. The molecule has 0 aromatic carbocycles. The van der Waals surface area contributed by atoms with Gasteiger partial charge in [0.05, 0.1) is 18.8 Å². The standard InChI is InChI=1S/C20H38O2/c1-2-3-4-5-6-7-8-9-10-11-14-20(15-12-13-16-20)22-18-19-17-21-19/h19H,2-18H2,1H3. The minimum Gasteiger partial charge on any atom is -0.372 e. The van der Waals surface area contributed by atoms with Crippen molar-refractivity contribution in [2.75, 3.05) is 13.2 Å². The summed E-state index contributed by atoms with van der Waals surface area (Å²) in [5.41, 5.74) is 0.228. The molecule has 0 N–H and O–H groups in total. The molecule has 2 heteroatoms. The summed E-state index contributed by atoms with van der Waals surface area (Å²) in [6.45, 7) is 4.06. The Morgan fingerprint density at radius 3 is 1.95 bits per heavy atom. The summed E-state index contributed by atoms with van der Waals surface area (Å²) < 4.78 is 11.6. The first-order chi connectivity index (χ1) is 10.8. The Morgan fingerprint density at radius 2 is 1.41 bits per heavy atom. The smallest absolute Gasteiger partial charge is 0.104 e. The molecule has 1 saturated carbocycles. The predicted octanol–water partition coefficient (Wildman–Crippen LogP) is 6.03. The van der Waals surface area contributed by atoms with Crippen LogP contribution < -0.4 is 0 Å². The van der Waals surface area contributed by atoms with Gasteiger partial charge in [0.2, 0.25) is 0 Å². The molecule has 1 atom stereocenters. The number of epoxide rings is 1. The van der Waals surface area contributed by atoms with Gasteiger partial charge in [-0.15, -0.1) is 0 Å². The molecule has 130 valence electrons. The van der Waals surface area contributed by atoms with Crippen molar-refractivity contribution < 1.29 is 9.47 Å². The van der Waals surface area contributed by atoms with Gasteiger partial charge in [0.15, 0.2) is 0 Å². The molecule has 0 spiro atoms. The van der Waals surface area contributed by atoms with Crippen molar-refractivity contribution in [3.05, 3.63) is 0 Å². The monoisotopic (exact) mass is 310 g/mol. The van der Waals surface area contributed by atoms with Crippen molar-refractivity contribution >= 4 is 0 Å². The van der Waals surface area contributed by atoms with E-state index in [0.29, 0.717) is 6.10 Å². The Bertz CT molecular complexity index is 267. The van der Waals surface area contributed by atoms with Crippen molar-refractivity contribution in [2.24, 2.45) is 0 Å². The third-order valence-corrected chi connectivity index (χ3v) is 5.48. The van der Waals surface area contributed by atoms with Gasteiger partial charge in [0, 0.05) is 0 Å². The number of hydrogen-bond donors (Lipinski definition) is 0. The van der Waals surface area contributed by atoms with Crippen LogP contribution in [0.2, 0.25) is 0 Å². The largest absolute Gasteiger partial charge is 0.372 e. The second-order valence-electron chi connectivity index (χ2n) is 7.59. The van der Waals surface area contributed by atoms with Gasteiger partial charge in [0.1, 0.15) is 6.10 Å². The van der Waals surface area contributed by atoms with Crippen LogP contribution in [0.5, 0.6) is 0 Å². The summed E-state index contributed by atoms with van der Waals surface area (Å²) in [5, 5.41) is 0. The Kier molecular flexibility index (Phi) is 8.84. The summed E-state index contributed by atoms with van der Waals surface area (Å²) >= 11 is 0. The summed E-state index contributed by atoms with van der Waals surface area (Å²) in [6, 6.07) is 0. The molecule has 1 heterocycles. The highest BCUT2D eigenvalue weighted by Crippen LogP contribution is 2.38. The van der Waals surface area contributed by atoms with Crippen molar-refractivity contribution in [2.45, 2.75) is 115 Å². The second kappa shape index (κ2) is 10.6. The molecule has 2 fully saturated rings. The first-order valence-electron chi connectivity index (χ1n) is 10.1. The normalized spacial score (nSPS) is 23.0. The van der Waals surface area contributed by atoms with Gasteiger partial charge in [-0.2, -0.15) is 0 Å². The van der Waals surface area contributed by atoms with Crippen LogP contribution in [0.4, 0.5) is 0 Å². The molecule has 2 aliphatic rings. The maximum Gasteiger partial charge on any atom is 0.104 e. The molecule has 22 heavy (non-hydrogen) atoms. The fraction of sp³-hybridized carbons (Fsp3) is 1.00. The van der Waals surface area contributed by atoms with E-state index in [0.717, 1.165) is 13.2 Å². The summed E-state index contributed by atoms with van der Waals surface area (Å²) in [4.78, 5) is 0. The van der Waals surface area contributed by atoms with E-state index >= 15 is 0 Å². The van der Waals surface area contributed by atoms with Gasteiger partial charge in [-0.05, 0) is 19.3 Å². The van der Waals surface area contributed by atoms with Crippen molar-refractivity contribution in [3.63, 3.8) is 0 Å². The first-order valence-corrected chi connectivity index (χ1v) is 10.1. The summed E-state index contributed by atoms with van der Waals surface area (Å²) in [7, 11) is 0. The van der Waals surface area contributed by atoms with E-state index in [4.69, 9.17) is 9.47 Å². The van der Waals surface area contributed by atoms with Crippen LogP contribution in [-0.4, -0.2) is 24.9 Å². The minimum absolute atomic E-state index is 0.228. The molecule has 0 aromatic rings. The highest BCUT2D eigenvalue weighted by atomic mass is 16.6. The van der Waals surface area contributed by atoms with Gasteiger partial charge < -0.3 is 9.47 Å². The zero-order valence-electron chi connectivity index (χ0n) is 14.9. The SMILES string of the molecule is CCCCCCCCCCCCC1(OCC2CO2)CCCC1. The summed E-state index contributed by atoms with van der Waals surface area (Å²) in [5.74, 6) is 0. The molecule has 0 aromatic heterocycles. The lowest BCUT2D eigenvalue weighted by Gasteiger charge is -2.29. The molecular weight excluding hydrogens is 272 g/mol. The van der Waals surface area contributed by atoms with Gasteiger partial charge in [-0.3, -0.25) is 0 Å². The van der Waals surface area contributed by atoms with Crippen LogP contribution in [0, 0.1) is 0 Å². The fourth-order valence-corrected chi connectivity index (χ4v) is 3.85. The number of unbranched alkanes of at least 4 members (excludes halogenated alkanes) is 9. The van der Waals surface area contributed by atoms with Crippen LogP contribution in [0.15, 0.2) is 0 Å². The maximum absolute atomic E-state index is 6.27. The molecular formula is C20H38O2. The Morgan fingerprint density at radius 1 is 0.864 bits per heavy atom. The van der Waals surface area contributed by atoms with Crippen molar-refractivity contribution in [1.29, 1.82) is 0 Å². The van der Waals surface area contributed by atoms with Crippen LogP contribution in [-0.2, 0) is 9.47 Å². The van der Waals surface area contributed by atoms with E-state index in [1.807, 2.05) is 0 Å². The Hall–Kier alpha value is -0.0800. The Balaban J connectivity index is 1.44. The molecule has 0 amide bonds. The lowest BCUT2D eigenvalue weighted by molar-refractivity contribution is -0.0537. The van der Waals surface area contributed by atoms with E-state index in [1.165, 1.54) is 96.3 Å². The Labute approximate surface area is 138 Å². The first kappa shape index (κ1) is 18.3. The quantitative estimate of drug-likeness (QED) is 0.289. The van der Waals surface area contributed by atoms with E-state index in [-0.39, 0.29) is 5.60 Å². The average molecular weight is 311 g/mol. The zero-order chi connectivity index (χ0) is 15.5. The molecule has 2 rings (SSSR count). The third-order valence-electron chi connectivity index (χ3n) is 5.48. The van der Waals surface area contributed by atoms with E-state index < -0.39 is 0 Å². The molecule has 1 unspecified atom stereocenters. The van der Waals surface area contributed by atoms with E-state index in [1.54, 1.807) is 0 Å². The molecule has 1 saturated heterocycles. The molecule has 0 radical (unpaired) electrons. The van der Waals surface area contributed by atoms with Gasteiger partial charge >= 0.3 is 0 Å². The number of rotatable bonds is 14. The van der Waals surface area contributed by atoms with Crippen LogP contribution in [0.25, 0.3) is 0 Å². The fourth-order valence-electron chi connectivity index (χ4n) is 3.85. The minimum atomic E-state index is 0.228. The average Bonchev–Trinajstić information content (AvgIpc) is 3.26. The summed E-state index contributed by atoms with van der Waals surface area (Å²) in [6.07, 6.45) is 21.2. The lowest BCUT2D eigenvalue weighted by atomic mass is 9.93. The van der Waals surface area contributed by atoms with Crippen LogP contribution in [0.3, 0.4) is 0 Å². The topological polar surface area (TPSA) is 21.8 Å². The highest BCUT2D eigenvalue weighted by Gasteiger charge is 2.36. The zero-order valence-corrected chi connectivity index (χ0v) is 14.9.